The Morgan fingerprint density at radius 2 is 2.00 bits per heavy atom. The SMILES string of the molecule is O=c1[nH]c2ccc(C(Br)c3ccccc3F)cc2o1. The first kappa shape index (κ1) is 12.2. The molecule has 5 heteroatoms. The van der Waals surface area contributed by atoms with Crippen molar-refractivity contribution >= 4 is 27.0 Å². The van der Waals surface area contributed by atoms with Crippen molar-refractivity contribution in [2.45, 2.75) is 4.83 Å². The van der Waals surface area contributed by atoms with Gasteiger partial charge in [0.2, 0.25) is 0 Å². The van der Waals surface area contributed by atoms with Crippen LogP contribution in [0, 0.1) is 5.82 Å². The van der Waals surface area contributed by atoms with E-state index in [0.29, 0.717) is 16.7 Å². The van der Waals surface area contributed by atoms with E-state index in [-0.39, 0.29) is 10.6 Å². The van der Waals surface area contributed by atoms with E-state index in [0.717, 1.165) is 5.56 Å². The molecule has 0 saturated carbocycles. The Morgan fingerprint density at radius 1 is 1.21 bits per heavy atom. The number of fused-ring (bicyclic) bond motifs is 1. The summed E-state index contributed by atoms with van der Waals surface area (Å²) in [5.41, 5.74) is 2.45. The largest absolute Gasteiger partial charge is 0.417 e. The quantitative estimate of drug-likeness (QED) is 0.731. The predicted molar refractivity (Wildman–Crippen MR) is 74.0 cm³/mol. The summed E-state index contributed by atoms with van der Waals surface area (Å²) in [5.74, 6) is -0.774. The van der Waals surface area contributed by atoms with Crippen molar-refractivity contribution in [1.29, 1.82) is 0 Å². The van der Waals surface area contributed by atoms with Crippen molar-refractivity contribution in [2.24, 2.45) is 0 Å². The average Bonchev–Trinajstić information content (AvgIpc) is 2.77. The predicted octanol–water partition coefficient (Wildman–Crippen LogP) is 3.74. The van der Waals surface area contributed by atoms with Crippen molar-refractivity contribution in [3.05, 3.63) is 70.0 Å². The molecular formula is C14H9BrFNO2. The van der Waals surface area contributed by atoms with Gasteiger partial charge in [-0.25, -0.2) is 9.18 Å². The molecule has 3 aromatic rings. The number of H-pyrrole nitrogens is 1. The molecule has 1 heterocycles. The maximum absolute atomic E-state index is 13.7. The summed E-state index contributed by atoms with van der Waals surface area (Å²) in [7, 11) is 0. The molecule has 0 aliphatic rings. The second kappa shape index (κ2) is 4.66. The minimum absolute atomic E-state index is 0.278. The van der Waals surface area contributed by atoms with Crippen LogP contribution in [0.2, 0.25) is 0 Å². The molecule has 0 aliphatic heterocycles. The third-order valence-electron chi connectivity index (χ3n) is 2.92. The molecule has 0 bridgehead atoms. The van der Waals surface area contributed by atoms with E-state index in [1.807, 2.05) is 6.07 Å². The summed E-state index contributed by atoms with van der Waals surface area (Å²) >= 11 is 3.47. The number of rotatable bonds is 2. The summed E-state index contributed by atoms with van der Waals surface area (Å²) in [6.07, 6.45) is 0. The molecule has 0 spiro atoms. The molecular weight excluding hydrogens is 313 g/mol. The zero-order valence-corrected chi connectivity index (χ0v) is 11.3. The summed E-state index contributed by atoms with van der Waals surface area (Å²) in [6, 6.07) is 11.8. The smallest absolute Gasteiger partial charge is 0.408 e. The standard InChI is InChI=1S/C14H9BrFNO2/c15-13(9-3-1-2-4-10(9)16)8-5-6-11-12(7-8)19-14(18)17-11/h1-7,13H,(H,17,18). The summed E-state index contributed by atoms with van der Waals surface area (Å²) in [5, 5.41) is 0. The van der Waals surface area contributed by atoms with Crippen LogP contribution in [0.15, 0.2) is 51.7 Å². The Hall–Kier alpha value is -1.88. The molecule has 3 nitrogen and oxygen atoms in total. The zero-order valence-electron chi connectivity index (χ0n) is 9.69. The molecule has 2 aromatic carbocycles. The Balaban J connectivity index is 2.08. The van der Waals surface area contributed by atoms with Crippen LogP contribution >= 0.6 is 15.9 Å². The van der Waals surface area contributed by atoms with Crippen molar-refractivity contribution in [3.8, 4) is 0 Å². The van der Waals surface area contributed by atoms with E-state index >= 15 is 0 Å². The first-order valence-electron chi connectivity index (χ1n) is 5.66. The van der Waals surface area contributed by atoms with Gasteiger partial charge in [-0.05, 0) is 23.8 Å². The van der Waals surface area contributed by atoms with E-state index in [1.165, 1.54) is 6.07 Å². The van der Waals surface area contributed by atoms with Gasteiger partial charge in [0, 0.05) is 5.56 Å². The summed E-state index contributed by atoms with van der Waals surface area (Å²) < 4.78 is 18.7. The highest BCUT2D eigenvalue weighted by atomic mass is 79.9. The lowest BCUT2D eigenvalue weighted by molar-refractivity contribution is 0.555. The van der Waals surface area contributed by atoms with Gasteiger partial charge in [0.1, 0.15) is 5.82 Å². The molecule has 0 fully saturated rings. The normalized spacial score (nSPS) is 12.7. The lowest BCUT2D eigenvalue weighted by atomic mass is 10.0. The monoisotopic (exact) mass is 321 g/mol. The maximum Gasteiger partial charge on any atom is 0.417 e. The number of alkyl halides is 1. The third-order valence-corrected chi connectivity index (χ3v) is 3.94. The molecule has 0 radical (unpaired) electrons. The fourth-order valence-electron chi connectivity index (χ4n) is 1.98. The van der Waals surface area contributed by atoms with Gasteiger partial charge >= 0.3 is 5.76 Å². The van der Waals surface area contributed by atoms with Crippen molar-refractivity contribution in [2.75, 3.05) is 0 Å². The van der Waals surface area contributed by atoms with Crippen LogP contribution < -0.4 is 5.76 Å². The number of nitrogens with one attached hydrogen (secondary N) is 1. The molecule has 0 saturated heterocycles. The number of oxazole rings is 1. The number of aromatic nitrogens is 1. The first-order chi connectivity index (χ1) is 9.15. The molecule has 19 heavy (non-hydrogen) atoms. The minimum Gasteiger partial charge on any atom is -0.408 e. The lowest BCUT2D eigenvalue weighted by Crippen LogP contribution is -1.96. The van der Waals surface area contributed by atoms with Gasteiger partial charge in [-0.3, -0.25) is 4.98 Å². The molecule has 1 unspecified atom stereocenters. The maximum atomic E-state index is 13.7. The van der Waals surface area contributed by atoms with Crippen molar-refractivity contribution < 1.29 is 8.81 Å². The van der Waals surface area contributed by atoms with Crippen LogP contribution in [0.5, 0.6) is 0 Å². The second-order valence-corrected chi connectivity index (χ2v) is 5.07. The van der Waals surface area contributed by atoms with E-state index < -0.39 is 5.76 Å². The fraction of sp³-hybridized carbons (Fsp3) is 0.0714. The highest BCUT2D eigenvalue weighted by Gasteiger charge is 2.15. The van der Waals surface area contributed by atoms with Gasteiger partial charge in [0.05, 0.1) is 10.3 Å². The van der Waals surface area contributed by atoms with E-state index in [9.17, 15) is 9.18 Å². The second-order valence-electron chi connectivity index (χ2n) is 4.15. The third kappa shape index (κ3) is 2.21. The zero-order chi connectivity index (χ0) is 13.4. The van der Waals surface area contributed by atoms with Crippen LogP contribution in [-0.4, -0.2) is 4.98 Å². The van der Waals surface area contributed by atoms with Crippen LogP contribution in [0.1, 0.15) is 16.0 Å². The lowest BCUT2D eigenvalue weighted by Gasteiger charge is -2.11. The van der Waals surface area contributed by atoms with Crippen molar-refractivity contribution in [3.63, 3.8) is 0 Å². The van der Waals surface area contributed by atoms with Crippen LogP contribution in [0.25, 0.3) is 11.1 Å². The minimum atomic E-state index is -0.496. The highest BCUT2D eigenvalue weighted by Crippen LogP contribution is 2.33. The molecule has 1 aromatic heterocycles. The van der Waals surface area contributed by atoms with Crippen LogP contribution in [0.3, 0.4) is 0 Å². The molecule has 0 amide bonds. The van der Waals surface area contributed by atoms with E-state index in [2.05, 4.69) is 20.9 Å². The van der Waals surface area contributed by atoms with Gasteiger partial charge < -0.3 is 4.42 Å². The van der Waals surface area contributed by atoms with E-state index in [1.54, 1.807) is 30.3 Å². The summed E-state index contributed by atoms with van der Waals surface area (Å²) in [4.78, 5) is 13.4. The highest BCUT2D eigenvalue weighted by molar-refractivity contribution is 9.09. The Morgan fingerprint density at radius 3 is 2.79 bits per heavy atom. The fourth-order valence-corrected chi connectivity index (χ4v) is 2.64. The Labute approximate surface area is 116 Å². The molecule has 0 aliphatic carbocycles. The van der Waals surface area contributed by atoms with Crippen LogP contribution in [-0.2, 0) is 0 Å². The Bertz CT molecular complexity index is 793. The molecule has 1 atom stereocenters. The summed E-state index contributed by atoms with van der Waals surface area (Å²) in [6.45, 7) is 0. The van der Waals surface area contributed by atoms with Crippen LogP contribution in [0.4, 0.5) is 4.39 Å². The molecule has 3 rings (SSSR count). The Kier molecular flexibility index (Phi) is 2.98. The van der Waals surface area contributed by atoms with E-state index in [4.69, 9.17) is 4.42 Å². The van der Waals surface area contributed by atoms with Gasteiger partial charge in [-0.2, -0.15) is 0 Å². The molecule has 96 valence electrons. The van der Waals surface area contributed by atoms with Gasteiger partial charge in [0.25, 0.3) is 0 Å². The number of aromatic amines is 1. The van der Waals surface area contributed by atoms with Gasteiger partial charge in [-0.15, -0.1) is 0 Å². The number of benzene rings is 2. The number of hydrogen-bond donors (Lipinski definition) is 1. The van der Waals surface area contributed by atoms with Crippen molar-refractivity contribution in [1.82, 2.24) is 4.98 Å². The number of hydrogen-bond acceptors (Lipinski definition) is 2. The number of halogens is 2. The molecule has 1 N–H and O–H groups in total. The van der Waals surface area contributed by atoms with Gasteiger partial charge in [0.15, 0.2) is 5.58 Å². The topological polar surface area (TPSA) is 46.0 Å². The average molecular weight is 322 g/mol. The van der Waals surface area contributed by atoms with Gasteiger partial charge in [-0.1, -0.05) is 40.2 Å². The first-order valence-corrected chi connectivity index (χ1v) is 6.58.